The average molecular weight is 236 g/mol. The number of hydrogen-bond acceptors (Lipinski definition) is 4. The summed E-state index contributed by atoms with van der Waals surface area (Å²) < 4.78 is 0. The fourth-order valence-corrected chi connectivity index (χ4v) is 3.22. The monoisotopic (exact) mass is 236 g/mol. The Morgan fingerprint density at radius 1 is 1.62 bits per heavy atom. The van der Waals surface area contributed by atoms with Crippen molar-refractivity contribution in [1.82, 2.24) is 4.98 Å². The topological polar surface area (TPSA) is 33.2 Å². The van der Waals surface area contributed by atoms with E-state index in [1.807, 2.05) is 30.9 Å². The van der Waals surface area contributed by atoms with Gasteiger partial charge in [-0.1, -0.05) is 0 Å². The summed E-state index contributed by atoms with van der Waals surface area (Å²) in [6.45, 7) is 1.59. The molecular weight excluding hydrogens is 220 g/mol. The first-order chi connectivity index (χ1) is 7.70. The van der Waals surface area contributed by atoms with E-state index in [2.05, 4.69) is 9.88 Å². The van der Waals surface area contributed by atoms with E-state index < -0.39 is 0 Å². The molecule has 1 aliphatic rings. The summed E-state index contributed by atoms with van der Waals surface area (Å²) in [6, 6.07) is 4.18. The molecule has 0 saturated carbocycles. The van der Waals surface area contributed by atoms with Gasteiger partial charge in [0, 0.05) is 25.0 Å². The van der Waals surface area contributed by atoms with Crippen LogP contribution in [0.2, 0.25) is 0 Å². The fourth-order valence-electron chi connectivity index (χ4n) is 1.95. The zero-order valence-electron chi connectivity index (χ0n) is 9.64. The lowest BCUT2D eigenvalue weighted by Crippen LogP contribution is -2.33. The third kappa shape index (κ3) is 2.21. The Morgan fingerprint density at radius 2 is 2.44 bits per heavy atom. The molecule has 0 spiro atoms. The summed E-state index contributed by atoms with van der Waals surface area (Å²) in [4.78, 5) is 18.0. The van der Waals surface area contributed by atoms with Crippen molar-refractivity contribution >= 4 is 23.4 Å². The summed E-state index contributed by atoms with van der Waals surface area (Å²) >= 11 is 1.97. The molecule has 2 heterocycles. The quantitative estimate of drug-likeness (QED) is 0.754. The van der Waals surface area contributed by atoms with Gasteiger partial charge in [-0.3, -0.25) is 4.79 Å². The minimum absolute atomic E-state index is 0.0839. The molecule has 1 aromatic rings. The normalized spacial score (nSPS) is 19.8. The van der Waals surface area contributed by atoms with Crippen molar-refractivity contribution < 1.29 is 4.79 Å². The highest BCUT2D eigenvalue weighted by molar-refractivity contribution is 7.99. The lowest BCUT2D eigenvalue weighted by Gasteiger charge is -2.26. The van der Waals surface area contributed by atoms with Gasteiger partial charge in [0.1, 0.15) is 5.82 Å². The zero-order valence-corrected chi connectivity index (χ0v) is 10.5. The molecule has 4 heteroatoms. The predicted octanol–water partition coefficient (Wildman–Crippen LogP) is 2.23. The second-order valence-electron chi connectivity index (χ2n) is 4.06. The summed E-state index contributed by atoms with van der Waals surface area (Å²) in [7, 11) is 2.03. The molecular formula is C12H16N2OS. The van der Waals surface area contributed by atoms with Crippen molar-refractivity contribution in [3.05, 3.63) is 23.9 Å². The van der Waals surface area contributed by atoms with Crippen molar-refractivity contribution in [3.63, 3.8) is 0 Å². The number of hydrogen-bond donors (Lipinski definition) is 0. The second-order valence-corrected chi connectivity index (χ2v) is 5.21. The van der Waals surface area contributed by atoms with E-state index in [0.717, 1.165) is 17.1 Å². The molecule has 16 heavy (non-hydrogen) atoms. The molecule has 0 aromatic carbocycles. The predicted molar refractivity (Wildman–Crippen MR) is 68.4 cm³/mol. The third-order valence-corrected chi connectivity index (χ3v) is 4.10. The average Bonchev–Trinajstić information content (AvgIpc) is 2.81. The van der Waals surface area contributed by atoms with Crippen molar-refractivity contribution in [2.45, 2.75) is 19.4 Å². The van der Waals surface area contributed by atoms with Crippen LogP contribution in [0, 0.1) is 0 Å². The van der Waals surface area contributed by atoms with E-state index in [1.54, 1.807) is 13.1 Å². The summed E-state index contributed by atoms with van der Waals surface area (Å²) in [5.41, 5.74) is 0.724. The van der Waals surface area contributed by atoms with Crippen molar-refractivity contribution in [1.29, 1.82) is 0 Å². The maximum absolute atomic E-state index is 11.5. The number of carbonyl (C=O) groups is 1. The lowest BCUT2D eigenvalue weighted by molar-refractivity contribution is 0.101. The molecule has 1 unspecified atom stereocenters. The van der Waals surface area contributed by atoms with E-state index >= 15 is 0 Å². The Labute approximate surface area is 100 Å². The van der Waals surface area contributed by atoms with Crippen LogP contribution in [0.25, 0.3) is 0 Å². The molecule has 1 saturated heterocycles. The van der Waals surface area contributed by atoms with E-state index in [0.29, 0.717) is 6.04 Å². The van der Waals surface area contributed by atoms with Crippen LogP contribution in [0.15, 0.2) is 18.3 Å². The molecule has 0 N–H and O–H groups in total. The first-order valence-corrected chi connectivity index (χ1v) is 6.62. The smallest absolute Gasteiger partial charge is 0.163 e. The number of Topliss-reactive ketones (excluding diaryl/α,β-unsaturated/α-hetero) is 1. The number of thioether (sulfide) groups is 1. The molecule has 86 valence electrons. The Kier molecular flexibility index (Phi) is 3.49. The van der Waals surface area contributed by atoms with Gasteiger partial charge in [-0.2, -0.15) is 11.8 Å². The number of nitrogens with zero attached hydrogens (tertiary/aromatic N) is 2. The lowest BCUT2D eigenvalue weighted by atomic mass is 10.1. The number of anilines is 1. The van der Waals surface area contributed by atoms with Crippen LogP contribution in [0.3, 0.4) is 0 Å². The van der Waals surface area contributed by atoms with Crippen LogP contribution in [-0.4, -0.2) is 35.4 Å². The molecule has 0 amide bonds. The SMILES string of the molecule is CC(=O)c1cccnc1N(C)C1CCSC1. The van der Waals surface area contributed by atoms with Crippen LogP contribution in [0.4, 0.5) is 5.82 Å². The molecule has 1 aliphatic heterocycles. The Hall–Kier alpha value is -1.03. The van der Waals surface area contributed by atoms with E-state index in [1.165, 1.54) is 12.2 Å². The minimum Gasteiger partial charge on any atom is -0.355 e. The van der Waals surface area contributed by atoms with Gasteiger partial charge >= 0.3 is 0 Å². The standard InChI is InChI=1S/C12H16N2OS/c1-9(15)11-4-3-6-13-12(11)14(2)10-5-7-16-8-10/h3-4,6,10H,5,7-8H2,1-2H3. The van der Waals surface area contributed by atoms with Gasteiger partial charge in [0.2, 0.25) is 0 Å². The number of rotatable bonds is 3. The van der Waals surface area contributed by atoms with Gasteiger partial charge in [0.25, 0.3) is 0 Å². The van der Waals surface area contributed by atoms with Gasteiger partial charge in [0.15, 0.2) is 5.78 Å². The van der Waals surface area contributed by atoms with Crippen molar-refractivity contribution in [3.8, 4) is 0 Å². The number of pyridine rings is 1. The maximum Gasteiger partial charge on any atom is 0.163 e. The highest BCUT2D eigenvalue weighted by Crippen LogP contribution is 2.26. The molecule has 1 atom stereocenters. The third-order valence-electron chi connectivity index (χ3n) is 2.95. The van der Waals surface area contributed by atoms with Crippen LogP contribution < -0.4 is 4.90 Å². The zero-order chi connectivity index (χ0) is 11.5. The van der Waals surface area contributed by atoms with E-state index in [4.69, 9.17) is 0 Å². The second kappa shape index (κ2) is 4.87. The molecule has 0 bridgehead atoms. The fraction of sp³-hybridized carbons (Fsp3) is 0.500. The highest BCUT2D eigenvalue weighted by Gasteiger charge is 2.23. The molecule has 3 nitrogen and oxygen atoms in total. The first-order valence-electron chi connectivity index (χ1n) is 5.46. The number of aromatic nitrogens is 1. The Bertz CT molecular complexity index is 388. The molecule has 0 radical (unpaired) electrons. The number of ketones is 1. The van der Waals surface area contributed by atoms with E-state index in [-0.39, 0.29) is 5.78 Å². The maximum atomic E-state index is 11.5. The van der Waals surface area contributed by atoms with Gasteiger partial charge in [-0.15, -0.1) is 0 Å². The summed E-state index contributed by atoms with van der Waals surface area (Å²) in [5.74, 6) is 3.24. The van der Waals surface area contributed by atoms with E-state index in [9.17, 15) is 4.79 Å². The highest BCUT2D eigenvalue weighted by atomic mass is 32.2. The molecule has 1 fully saturated rings. The summed E-state index contributed by atoms with van der Waals surface area (Å²) in [5, 5.41) is 0. The Morgan fingerprint density at radius 3 is 3.06 bits per heavy atom. The molecule has 0 aliphatic carbocycles. The van der Waals surface area contributed by atoms with Crippen LogP contribution >= 0.6 is 11.8 Å². The molecule has 1 aromatic heterocycles. The van der Waals surface area contributed by atoms with Crippen LogP contribution in [0.5, 0.6) is 0 Å². The van der Waals surface area contributed by atoms with Crippen molar-refractivity contribution in [2.75, 3.05) is 23.5 Å². The van der Waals surface area contributed by atoms with Gasteiger partial charge in [-0.05, 0) is 31.2 Å². The van der Waals surface area contributed by atoms with Gasteiger partial charge in [-0.25, -0.2) is 4.98 Å². The summed E-state index contributed by atoms with van der Waals surface area (Å²) in [6.07, 6.45) is 2.93. The first kappa shape index (κ1) is 11.5. The minimum atomic E-state index is 0.0839. The Balaban J connectivity index is 2.27. The van der Waals surface area contributed by atoms with Crippen molar-refractivity contribution in [2.24, 2.45) is 0 Å². The largest absolute Gasteiger partial charge is 0.355 e. The number of carbonyl (C=O) groups excluding carboxylic acids is 1. The van der Waals surface area contributed by atoms with Crippen LogP contribution in [-0.2, 0) is 0 Å². The van der Waals surface area contributed by atoms with Gasteiger partial charge < -0.3 is 4.90 Å². The van der Waals surface area contributed by atoms with Crippen LogP contribution in [0.1, 0.15) is 23.7 Å². The van der Waals surface area contributed by atoms with Gasteiger partial charge in [0.05, 0.1) is 5.56 Å². The molecule has 2 rings (SSSR count).